The first kappa shape index (κ1) is 7.48. The molecule has 0 radical (unpaired) electrons. The molecule has 0 amide bonds. The lowest BCUT2D eigenvalue weighted by molar-refractivity contribution is 0.234. The van der Waals surface area contributed by atoms with Gasteiger partial charge in [-0.15, -0.1) is 10.2 Å². The number of halogens is 1. The third-order valence-corrected chi connectivity index (χ3v) is 2.68. The SMILES string of the molecule is CN1CCc2nnc(I)n2C1. The lowest BCUT2D eigenvalue weighted by Gasteiger charge is -2.23. The van der Waals surface area contributed by atoms with Gasteiger partial charge in [0.25, 0.3) is 0 Å². The molecular weight excluding hydrogens is 255 g/mol. The summed E-state index contributed by atoms with van der Waals surface area (Å²) < 4.78 is 3.13. The van der Waals surface area contributed by atoms with Crippen LogP contribution in [0.1, 0.15) is 5.82 Å². The van der Waals surface area contributed by atoms with Crippen molar-refractivity contribution in [2.75, 3.05) is 13.6 Å². The topological polar surface area (TPSA) is 34.0 Å². The zero-order valence-corrected chi connectivity index (χ0v) is 8.45. The summed E-state index contributed by atoms with van der Waals surface area (Å²) in [5.74, 6) is 1.12. The smallest absolute Gasteiger partial charge is 0.195 e. The van der Waals surface area contributed by atoms with Crippen LogP contribution in [-0.4, -0.2) is 33.3 Å². The molecule has 1 aliphatic rings. The fourth-order valence-corrected chi connectivity index (χ4v) is 1.78. The van der Waals surface area contributed by atoms with Crippen LogP contribution in [0.15, 0.2) is 0 Å². The molecular formula is C6H9IN4. The van der Waals surface area contributed by atoms with Gasteiger partial charge >= 0.3 is 0 Å². The maximum absolute atomic E-state index is 4.07. The molecule has 0 saturated carbocycles. The van der Waals surface area contributed by atoms with Gasteiger partial charge in [-0.1, -0.05) is 0 Å². The molecule has 4 nitrogen and oxygen atoms in total. The molecule has 0 fully saturated rings. The molecule has 1 aliphatic heterocycles. The van der Waals surface area contributed by atoms with Crippen molar-refractivity contribution in [3.63, 3.8) is 0 Å². The Labute approximate surface area is 78.7 Å². The summed E-state index contributed by atoms with van der Waals surface area (Å²) in [6.07, 6.45) is 1.02. The molecule has 11 heavy (non-hydrogen) atoms. The van der Waals surface area contributed by atoms with Gasteiger partial charge in [0.2, 0.25) is 0 Å². The Morgan fingerprint density at radius 2 is 2.27 bits per heavy atom. The van der Waals surface area contributed by atoms with Crippen LogP contribution in [0.2, 0.25) is 0 Å². The minimum atomic E-state index is 0.931. The summed E-state index contributed by atoms with van der Waals surface area (Å²) in [6.45, 7) is 2.02. The monoisotopic (exact) mass is 264 g/mol. The van der Waals surface area contributed by atoms with Crippen molar-refractivity contribution in [2.45, 2.75) is 13.1 Å². The molecule has 5 heteroatoms. The number of aromatic nitrogens is 3. The van der Waals surface area contributed by atoms with Crippen LogP contribution in [0.3, 0.4) is 0 Å². The number of nitrogens with zero attached hydrogens (tertiary/aromatic N) is 4. The fourth-order valence-electron chi connectivity index (χ4n) is 1.24. The molecule has 60 valence electrons. The van der Waals surface area contributed by atoms with E-state index in [-0.39, 0.29) is 0 Å². The van der Waals surface area contributed by atoms with Crippen LogP contribution in [0, 0.1) is 3.83 Å². The maximum Gasteiger partial charge on any atom is 0.195 e. The van der Waals surface area contributed by atoms with Crippen molar-refractivity contribution in [2.24, 2.45) is 0 Å². The van der Waals surface area contributed by atoms with E-state index in [0.29, 0.717) is 0 Å². The van der Waals surface area contributed by atoms with Gasteiger partial charge in [-0.2, -0.15) is 0 Å². The highest BCUT2D eigenvalue weighted by Gasteiger charge is 2.16. The molecule has 2 heterocycles. The number of rotatable bonds is 0. The summed E-state index contributed by atoms with van der Waals surface area (Å²) >= 11 is 2.21. The number of hydrogen-bond acceptors (Lipinski definition) is 3. The molecule has 0 atom stereocenters. The van der Waals surface area contributed by atoms with E-state index in [1.807, 2.05) is 0 Å². The molecule has 1 aromatic rings. The highest BCUT2D eigenvalue weighted by atomic mass is 127. The van der Waals surface area contributed by atoms with Gasteiger partial charge in [-0.3, -0.25) is 9.47 Å². The summed E-state index contributed by atoms with van der Waals surface area (Å²) in [6, 6.07) is 0. The van der Waals surface area contributed by atoms with Crippen LogP contribution in [0.5, 0.6) is 0 Å². The second-order valence-corrected chi connectivity index (χ2v) is 3.75. The third-order valence-electron chi connectivity index (χ3n) is 1.88. The Kier molecular flexibility index (Phi) is 1.84. The first-order valence-electron chi connectivity index (χ1n) is 3.53. The largest absolute Gasteiger partial charge is 0.293 e. The number of likely N-dealkylation sites (N-methyl/N-ethyl adjacent to an activating group) is 1. The van der Waals surface area contributed by atoms with E-state index < -0.39 is 0 Å². The van der Waals surface area contributed by atoms with Gasteiger partial charge in [-0.05, 0) is 7.05 Å². The summed E-state index contributed by atoms with van der Waals surface area (Å²) in [5.41, 5.74) is 0. The molecule has 0 aliphatic carbocycles. The average Bonchev–Trinajstić information content (AvgIpc) is 2.33. The van der Waals surface area contributed by atoms with E-state index in [1.54, 1.807) is 0 Å². The van der Waals surface area contributed by atoms with Gasteiger partial charge < -0.3 is 0 Å². The van der Waals surface area contributed by atoms with E-state index in [9.17, 15) is 0 Å². The predicted molar refractivity (Wildman–Crippen MR) is 49.1 cm³/mol. The van der Waals surface area contributed by atoms with Crippen LogP contribution in [0.25, 0.3) is 0 Å². The van der Waals surface area contributed by atoms with E-state index in [4.69, 9.17) is 0 Å². The fraction of sp³-hybridized carbons (Fsp3) is 0.667. The highest BCUT2D eigenvalue weighted by Crippen LogP contribution is 2.11. The van der Waals surface area contributed by atoms with E-state index in [0.717, 1.165) is 29.3 Å². The van der Waals surface area contributed by atoms with Crippen molar-refractivity contribution >= 4 is 22.6 Å². The van der Waals surface area contributed by atoms with Gasteiger partial charge in [0, 0.05) is 35.6 Å². The lowest BCUT2D eigenvalue weighted by atomic mass is 10.3. The molecule has 0 saturated heterocycles. The lowest BCUT2D eigenvalue weighted by Crippen LogP contribution is -2.31. The Morgan fingerprint density at radius 1 is 1.45 bits per heavy atom. The van der Waals surface area contributed by atoms with Crippen LogP contribution in [-0.2, 0) is 13.1 Å². The molecule has 0 bridgehead atoms. The van der Waals surface area contributed by atoms with E-state index >= 15 is 0 Å². The molecule has 2 rings (SSSR count). The average molecular weight is 264 g/mol. The Balaban J connectivity index is 2.37. The Bertz CT molecular complexity index is 270. The molecule has 0 unspecified atom stereocenters. The Hall–Kier alpha value is -0.170. The van der Waals surface area contributed by atoms with Gasteiger partial charge in [0.05, 0.1) is 6.67 Å². The summed E-state index contributed by atoms with van der Waals surface area (Å²) in [7, 11) is 2.11. The van der Waals surface area contributed by atoms with Crippen molar-refractivity contribution in [1.82, 2.24) is 19.7 Å². The van der Waals surface area contributed by atoms with E-state index in [2.05, 4.69) is 49.3 Å². The molecule has 0 spiro atoms. The number of fused-ring (bicyclic) bond motifs is 1. The van der Waals surface area contributed by atoms with Gasteiger partial charge in [0.15, 0.2) is 3.83 Å². The van der Waals surface area contributed by atoms with Crippen LogP contribution < -0.4 is 0 Å². The standard InChI is InChI=1S/C6H9IN4/c1-10-3-2-5-8-9-6(7)11(5)4-10/h2-4H2,1H3. The van der Waals surface area contributed by atoms with E-state index in [1.165, 1.54) is 0 Å². The van der Waals surface area contributed by atoms with Gasteiger partial charge in [0.1, 0.15) is 5.82 Å². The first-order valence-corrected chi connectivity index (χ1v) is 4.61. The highest BCUT2D eigenvalue weighted by molar-refractivity contribution is 14.1. The minimum Gasteiger partial charge on any atom is -0.293 e. The predicted octanol–water partition coefficient (Wildman–Crippen LogP) is 0.328. The zero-order chi connectivity index (χ0) is 7.84. The maximum atomic E-state index is 4.07. The summed E-state index contributed by atoms with van der Waals surface area (Å²) in [4.78, 5) is 2.26. The third kappa shape index (κ3) is 1.26. The quantitative estimate of drug-likeness (QED) is 0.633. The van der Waals surface area contributed by atoms with Crippen molar-refractivity contribution in [3.8, 4) is 0 Å². The Morgan fingerprint density at radius 3 is 3.09 bits per heavy atom. The van der Waals surface area contributed by atoms with Gasteiger partial charge in [-0.25, -0.2) is 0 Å². The first-order chi connectivity index (χ1) is 5.27. The van der Waals surface area contributed by atoms with Crippen molar-refractivity contribution in [1.29, 1.82) is 0 Å². The number of hydrogen-bond donors (Lipinski definition) is 0. The van der Waals surface area contributed by atoms with Crippen molar-refractivity contribution < 1.29 is 0 Å². The second-order valence-electron chi connectivity index (χ2n) is 2.78. The second kappa shape index (κ2) is 2.71. The zero-order valence-electron chi connectivity index (χ0n) is 6.29. The molecule has 0 N–H and O–H groups in total. The molecule has 1 aromatic heterocycles. The van der Waals surface area contributed by atoms with Crippen LogP contribution in [0.4, 0.5) is 0 Å². The van der Waals surface area contributed by atoms with Crippen LogP contribution >= 0.6 is 22.6 Å². The minimum absolute atomic E-state index is 0.931. The normalized spacial score (nSPS) is 18.4. The molecule has 0 aromatic carbocycles. The summed E-state index contributed by atoms with van der Waals surface area (Å²) in [5, 5.41) is 8.08. The van der Waals surface area contributed by atoms with Crippen molar-refractivity contribution in [3.05, 3.63) is 9.66 Å².